The first-order chi connectivity index (χ1) is 13.9. The van der Waals surface area contributed by atoms with Crippen LogP contribution in [0.2, 0.25) is 0 Å². The minimum atomic E-state index is -0.845. The van der Waals surface area contributed by atoms with Crippen molar-refractivity contribution < 1.29 is 19.0 Å². The molecule has 0 aliphatic carbocycles. The predicted molar refractivity (Wildman–Crippen MR) is 101 cm³/mol. The number of benzene rings is 1. The van der Waals surface area contributed by atoms with Crippen LogP contribution in [0.1, 0.15) is 30.0 Å². The van der Waals surface area contributed by atoms with E-state index in [1.165, 1.54) is 6.92 Å². The fourth-order valence-corrected chi connectivity index (χ4v) is 3.14. The Balaban J connectivity index is 2.05. The van der Waals surface area contributed by atoms with Gasteiger partial charge in [0.1, 0.15) is 0 Å². The van der Waals surface area contributed by atoms with Crippen LogP contribution in [0.5, 0.6) is 0 Å². The largest absolute Gasteiger partial charge is 0.618 e. The Bertz CT molecular complexity index is 1200. The molecule has 0 aliphatic rings. The summed E-state index contributed by atoms with van der Waals surface area (Å²) in [5.41, 5.74) is 0.984. The van der Waals surface area contributed by atoms with Crippen LogP contribution in [0.25, 0.3) is 22.4 Å². The summed E-state index contributed by atoms with van der Waals surface area (Å²) in [4.78, 5) is 20.5. The topological polar surface area (TPSA) is 116 Å². The molecular formula is C19H18N6O4. The van der Waals surface area contributed by atoms with E-state index in [-0.39, 0.29) is 22.4 Å². The molecule has 0 atom stereocenters. The molecule has 0 bridgehead atoms. The first kappa shape index (κ1) is 18.4. The highest BCUT2D eigenvalue weighted by Gasteiger charge is 2.33. The van der Waals surface area contributed by atoms with Gasteiger partial charge in [-0.05, 0) is 13.8 Å². The molecule has 29 heavy (non-hydrogen) atoms. The maximum absolute atomic E-state index is 13.1. The number of aromatic nitrogens is 6. The molecule has 0 radical (unpaired) electrons. The predicted octanol–water partition coefficient (Wildman–Crippen LogP) is 1.35. The quantitative estimate of drug-likeness (QED) is 0.293. The van der Waals surface area contributed by atoms with Crippen LogP contribution in [0.15, 0.2) is 49.6 Å². The highest BCUT2D eigenvalue weighted by molar-refractivity contribution is 5.88. The number of fused-ring (bicyclic) bond motifs is 1. The minimum Gasteiger partial charge on any atom is -0.618 e. The molecule has 0 spiro atoms. The summed E-state index contributed by atoms with van der Waals surface area (Å²) in [7, 11) is 0. The van der Waals surface area contributed by atoms with E-state index in [0.29, 0.717) is 20.8 Å². The fraction of sp³-hybridized carbons (Fsp3) is 0.211. The van der Waals surface area contributed by atoms with Crippen LogP contribution in [0.3, 0.4) is 0 Å². The number of hydrogen-bond acceptors (Lipinski definition) is 6. The summed E-state index contributed by atoms with van der Waals surface area (Å²) in [6, 6.07) is 3.12. The first-order valence-electron chi connectivity index (χ1n) is 8.89. The average molecular weight is 394 g/mol. The van der Waals surface area contributed by atoms with Gasteiger partial charge in [-0.25, -0.2) is 14.8 Å². The van der Waals surface area contributed by atoms with Gasteiger partial charge in [0.2, 0.25) is 0 Å². The maximum Gasteiger partial charge on any atom is 0.412 e. The summed E-state index contributed by atoms with van der Waals surface area (Å²) >= 11 is 0. The van der Waals surface area contributed by atoms with E-state index < -0.39 is 12.1 Å². The van der Waals surface area contributed by atoms with Crippen molar-refractivity contribution in [1.29, 1.82) is 0 Å². The van der Waals surface area contributed by atoms with Gasteiger partial charge in [-0.1, -0.05) is 0 Å². The smallest absolute Gasteiger partial charge is 0.412 e. The molecule has 148 valence electrons. The number of carbonyl (C=O) groups is 1. The molecule has 0 N–H and O–H groups in total. The molecule has 4 aromatic rings. The van der Waals surface area contributed by atoms with Gasteiger partial charge in [0.15, 0.2) is 0 Å². The van der Waals surface area contributed by atoms with Crippen molar-refractivity contribution in [3.63, 3.8) is 0 Å². The standard InChI is InChI=1S/C19H18N6O4/c1-12(2)29-19(26)18-13(3)24(27)16-8-14(22-6-4-20-10-22)15(9-17(16)25(18)28)23-7-5-21-11-23/h4-12H,1-3H3. The van der Waals surface area contributed by atoms with Crippen LogP contribution in [0, 0.1) is 17.3 Å². The second-order valence-electron chi connectivity index (χ2n) is 6.75. The molecule has 0 fully saturated rings. The lowest BCUT2D eigenvalue weighted by Gasteiger charge is -2.15. The minimum absolute atomic E-state index is 0.0360. The van der Waals surface area contributed by atoms with Crippen molar-refractivity contribution in [2.24, 2.45) is 0 Å². The molecule has 3 heterocycles. The van der Waals surface area contributed by atoms with Crippen molar-refractivity contribution in [2.45, 2.75) is 26.9 Å². The maximum atomic E-state index is 13.1. The molecular weight excluding hydrogens is 376 g/mol. The Morgan fingerprint density at radius 2 is 1.52 bits per heavy atom. The Kier molecular flexibility index (Phi) is 4.38. The number of hydrogen-bond donors (Lipinski definition) is 0. The van der Waals surface area contributed by atoms with Crippen molar-refractivity contribution in [3.05, 3.63) is 71.4 Å². The molecule has 10 heteroatoms. The van der Waals surface area contributed by atoms with Gasteiger partial charge in [0.25, 0.3) is 16.7 Å². The highest BCUT2D eigenvalue weighted by Crippen LogP contribution is 2.24. The van der Waals surface area contributed by atoms with E-state index in [9.17, 15) is 15.2 Å². The second-order valence-corrected chi connectivity index (χ2v) is 6.75. The van der Waals surface area contributed by atoms with Gasteiger partial charge in [-0.3, -0.25) is 0 Å². The van der Waals surface area contributed by atoms with E-state index in [1.807, 2.05) is 0 Å². The second kappa shape index (κ2) is 6.89. The van der Waals surface area contributed by atoms with Crippen molar-refractivity contribution >= 4 is 17.0 Å². The molecule has 3 aromatic heterocycles. The average Bonchev–Trinajstić information content (AvgIpc) is 3.38. The molecule has 0 aliphatic heterocycles. The van der Waals surface area contributed by atoms with Crippen LogP contribution in [-0.2, 0) is 4.74 Å². The number of rotatable bonds is 4. The van der Waals surface area contributed by atoms with Gasteiger partial charge in [-0.15, -0.1) is 4.73 Å². The molecule has 10 nitrogen and oxygen atoms in total. The van der Waals surface area contributed by atoms with Crippen molar-refractivity contribution in [2.75, 3.05) is 0 Å². The fourth-order valence-electron chi connectivity index (χ4n) is 3.14. The lowest BCUT2D eigenvalue weighted by molar-refractivity contribution is -0.635. The monoisotopic (exact) mass is 394 g/mol. The lowest BCUT2D eigenvalue weighted by atomic mass is 10.2. The van der Waals surface area contributed by atoms with Crippen LogP contribution < -0.4 is 9.46 Å². The lowest BCUT2D eigenvalue weighted by Crippen LogP contribution is -2.47. The molecule has 1 aromatic carbocycles. The summed E-state index contributed by atoms with van der Waals surface area (Å²) < 4.78 is 9.59. The first-order valence-corrected chi connectivity index (χ1v) is 8.89. The van der Waals surface area contributed by atoms with Crippen molar-refractivity contribution in [3.8, 4) is 11.4 Å². The third-order valence-electron chi connectivity index (χ3n) is 4.46. The molecule has 0 saturated carbocycles. The molecule has 4 rings (SSSR count). The highest BCUT2D eigenvalue weighted by atomic mass is 16.6. The summed E-state index contributed by atoms with van der Waals surface area (Å²) in [5, 5.41) is 26.0. The van der Waals surface area contributed by atoms with E-state index in [4.69, 9.17) is 4.74 Å². The van der Waals surface area contributed by atoms with Gasteiger partial charge in [0.05, 0.1) is 30.1 Å². The summed E-state index contributed by atoms with van der Waals surface area (Å²) in [6.07, 6.45) is 9.38. The number of esters is 1. The van der Waals surface area contributed by atoms with Crippen molar-refractivity contribution in [1.82, 2.24) is 19.1 Å². The zero-order valence-corrected chi connectivity index (χ0v) is 16.0. The van der Waals surface area contributed by atoms with E-state index in [1.54, 1.807) is 72.6 Å². The third kappa shape index (κ3) is 3.04. The summed E-state index contributed by atoms with van der Waals surface area (Å²) in [5.74, 6) is -0.845. The Labute approximate surface area is 165 Å². The molecule has 0 amide bonds. The van der Waals surface area contributed by atoms with Crippen LogP contribution >= 0.6 is 0 Å². The zero-order valence-electron chi connectivity index (χ0n) is 16.0. The molecule has 0 unspecified atom stereocenters. The Hall–Kier alpha value is -3.95. The van der Waals surface area contributed by atoms with Crippen LogP contribution in [-0.4, -0.2) is 31.2 Å². The third-order valence-corrected chi connectivity index (χ3v) is 4.46. The SMILES string of the molecule is Cc1c(C(=O)OC(C)C)[n+]([O-])c2cc(-n3ccnc3)c(-n3ccnc3)cc2[n+]1[O-]. The Morgan fingerprint density at radius 3 is 1.97 bits per heavy atom. The zero-order chi connectivity index (χ0) is 20.7. The number of ether oxygens (including phenoxy) is 1. The van der Waals surface area contributed by atoms with Crippen LogP contribution in [0.4, 0.5) is 0 Å². The molecule has 0 saturated heterocycles. The van der Waals surface area contributed by atoms with Gasteiger partial charge >= 0.3 is 11.7 Å². The normalized spacial score (nSPS) is 11.3. The number of imidazole rings is 2. The van der Waals surface area contributed by atoms with Gasteiger partial charge in [-0.2, -0.15) is 4.73 Å². The van der Waals surface area contributed by atoms with E-state index in [0.717, 1.165) is 0 Å². The number of carbonyl (C=O) groups excluding carboxylic acids is 1. The van der Waals surface area contributed by atoms with Gasteiger partial charge < -0.3 is 24.3 Å². The Morgan fingerprint density at radius 1 is 1.00 bits per heavy atom. The van der Waals surface area contributed by atoms with E-state index in [2.05, 4.69) is 9.97 Å². The van der Waals surface area contributed by atoms with Gasteiger partial charge in [0, 0.05) is 43.8 Å². The number of nitrogens with zero attached hydrogens (tertiary/aromatic N) is 6. The summed E-state index contributed by atoms with van der Waals surface area (Å²) in [6.45, 7) is 4.75. The van der Waals surface area contributed by atoms with E-state index >= 15 is 0 Å².